The fourth-order valence-corrected chi connectivity index (χ4v) is 2.38. The molecule has 0 saturated carbocycles. The van der Waals surface area contributed by atoms with Gasteiger partial charge in [-0.1, -0.05) is 38.5 Å². The van der Waals surface area contributed by atoms with Gasteiger partial charge in [0.05, 0.1) is 0 Å². The van der Waals surface area contributed by atoms with E-state index in [-0.39, 0.29) is 16.8 Å². The first-order chi connectivity index (χ1) is 8.79. The Bertz CT molecular complexity index is 599. The predicted octanol–water partition coefficient (Wildman–Crippen LogP) is 2.05. The van der Waals surface area contributed by atoms with Crippen molar-refractivity contribution in [3.05, 3.63) is 0 Å². The van der Waals surface area contributed by atoms with Crippen molar-refractivity contribution in [2.24, 2.45) is 5.41 Å². The summed E-state index contributed by atoms with van der Waals surface area (Å²) >= 11 is 1.41. The molecule has 1 aliphatic rings. The summed E-state index contributed by atoms with van der Waals surface area (Å²) in [6, 6.07) is 0. The highest BCUT2D eigenvalue weighted by molar-refractivity contribution is 8.02. The third-order valence-electron chi connectivity index (χ3n) is 2.28. The molecule has 0 bridgehead atoms. The van der Waals surface area contributed by atoms with E-state index >= 15 is 0 Å². The van der Waals surface area contributed by atoms with Crippen molar-refractivity contribution in [1.29, 1.82) is 0 Å². The SMILES string of the molecule is C#CC#CC#CC#CC1(C)S[C@H](C(C)(C)C)OC1=O. The Kier molecular flexibility index (Phi) is 4.62. The highest BCUT2D eigenvalue weighted by atomic mass is 32.2. The lowest BCUT2D eigenvalue weighted by atomic mass is 9.98. The number of rotatable bonds is 0. The molecule has 0 aliphatic carbocycles. The van der Waals surface area contributed by atoms with Gasteiger partial charge in [-0.15, -0.1) is 6.42 Å². The fraction of sp³-hybridized carbons (Fsp3) is 0.438. The van der Waals surface area contributed by atoms with Crippen LogP contribution < -0.4 is 0 Å². The van der Waals surface area contributed by atoms with E-state index in [1.165, 1.54) is 11.8 Å². The molecule has 3 heteroatoms. The third kappa shape index (κ3) is 4.03. The molecule has 19 heavy (non-hydrogen) atoms. The number of hydrogen-bond donors (Lipinski definition) is 0. The number of carbonyl (C=O) groups is 1. The summed E-state index contributed by atoms with van der Waals surface area (Å²) in [6.45, 7) is 7.80. The van der Waals surface area contributed by atoms with Crippen molar-refractivity contribution in [3.8, 4) is 47.9 Å². The maximum absolute atomic E-state index is 11.9. The zero-order chi connectivity index (χ0) is 14.5. The second-order valence-electron chi connectivity index (χ2n) is 5.15. The summed E-state index contributed by atoms with van der Waals surface area (Å²) in [5, 5.41) is 0. The Morgan fingerprint density at radius 1 is 1.21 bits per heavy atom. The van der Waals surface area contributed by atoms with Gasteiger partial charge in [-0.25, -0.2) is 4.79 Å². The summed E-state index contributed by atoms with van der Waals surface area (Å²) in [5.41, 5.74) is -0.322. The first kappa shape index (κ1) is 15.1. The average molecular weight is 270 g/mol. The van der Waals surface area contributed by atoms with E-state index < -0.39 is 4.75 Å². The van der Waals surface area contributed by atoms with Gasteiger partial charge < -0.3 is 4.74 Å². The van der Waals surface area contributed by atoms with E-state index in [2.05, 4.69) is 41.4 Å². The Morgan fingerprint density at radius 2 is 1.79 bits per heavy atom. The lowest BCUT2D eigenvalue weighted by Crippen LogP contribution is -2.25. The molecule has 1 rings (SSSR count). The van der Waals surface area contributed by atoms with Crippen LogP contribution in [-0.4, -0.2) is 16.2 Å². The molecule has 1 saturated heterocycles. The van der Waals surface area contributed by atoms with Gasteiger partial charge in [0.15, 0.2) is 10.2 Å². The van der Waals surface area contributed by atoms with E-state index in [4.69, 9.17) is 11.2 Å². The Balaban J connectivity index is 2.83. The molecule has 0 aromatic rings. The maximum atomic E-state index is 11.9. The molecule has 1 fully saturated rings. The van der Waals surface area contributed by atoms with Crippen LogP contribution in [0.4, 0.5) is 0 Å². The average Bonchev–Trinajstić information content (AvgIpc) is 2.61. The number of terminal acetylenes is 1. The van der Waals surface area contributed by atoms with Crippen molar-refractivity contribution in [2.75, 3.05) is 0 Å². The van der Waals surface area contributed by atoms with Crippen LogP contribution in [0.2, 0.25) is 0 Å². The normalized spacial score (nSPS) is 24.6. The highest BCUT2D eigenvalue weighted by Crippen LogP contribution is 2.45. The van der Waals surface area contributed by atoms with Crippen LogP contribution in [0.15, 0.2) is 0 Å². The third-order valence-corrected chi connectivity index (χ3v) is 4.03. The van der Waals surface area contributed by atoms with Crippen molar-refractivity contribution in [2.45, 2.75) is 37.9 Å². The molecule has 1 aliphatic heterocycles. The highest BCUT2D eigenvalue weighted by Gasteiger charge is 2.49. The Labute approximate surface area is 119 Å². The first-order valence-corrected chi connectivity index (χ1v) is 6.54. The maximum Gasteiger partial charge on any atom is 0.335 e. The summed E-state index contributed by atoms with van der Waals surface area (Å²) in [5.74, 6) is 17.1. The van der Waals surface area contributed by atoms with Gasteiger partial charge in [0.2, 0.25) is 0 Å². The summed E-state index contributed by atoms with van der Waals surface area (Å²) in [7, 11) is 0. The molecule has 0 amide bonds. The zero-order valence-corrected chi connectivity index (χ0v) is 12.2. The van der Waals surface area contributed by atoms with Crippen LogP contribution in [0.5, 0.6) is 0 Å². The van der Waals surface area contributed by atoms with Gasteiger partial charge in [0.1, 0.15) is 0 Å². The largest absolute Gasteiger partial charge is 0.449 e. The quantitative estimate of drug-likeness (QED) is 0.498. The van der Waals surface area contributed by atoms with Crippen LogP contribution >= 0.6 is 11.8 Å². The van der Waals surface area contributed by atoms with Gasteiger partial charge in [0.25, 0.3) is 0 Å². The Morgan fingerprint density at radius 3 is 2.32 bits per heavy atom. The van der Waals surface area contributed by atoms with E-state index in [1.54, 1.807) is 6.92 Å². The topological polar surface area (TPSA) is 26.3 Å². The second kappa shape index (κ2) is 5.80. The number of thioether (sulfide) groups is 1. The number of hydrogen-bond acceptors (Lipinski definition) is 3. The molecule has 2 nitrogen and oxygen atoms in total. The minimum Gasteiger partial charge on any atom is -0.449 e. The van der Waals surface area contributed by atoms with Gasteiger partial charge in [-0.05, 0) is 42.4 Å². The lowest BCUT2D eigenvalue weighted by Gasteiger charge is -2.24. The summed E-state index contributed by atoms with van der Waals surface area (Å²) < 4.78 is 4.49. The molecule has 0 radical (unpaired) electrons. The standard InChI is InChI=1S/C16H14O2S/c1-6-7-8-9-10-11-12-16(5)13(17)18-14(19-16)15(2,3)4/h1,14H,2-5H3/t14-,16?/m1/s1. The van der Waals surface area contributed by atoms with Gasteiger partial charge in [-0.3, -0.25) is 0 Å². The zero-order valence-electron chi connectivity index (χ0n) is 11.4. The molecule has 0 aromatic carbocycles. The van der Waals surface area contributed by atoms with E-state index in [9.17, 15) is 4.79 Å². The molecule has 1 heterocycles. The number of carbonyl (C=O) groups excluding carboxylic acids is 1. The van der Waals surface area contributed by atoms with Crippen LogP contribution in [-0.2, 0) is 9.53 Å². The number of esters is 1. The van der Waals surface area contributed by atoms with Gasteiger partial charge >= 0.3 is 5.97 Å². The van der Waals surface area contributed by atoms with Crippen molar-refractivity contribution < 1.29 is 9.53 Å². The summed E-state index contributed by atoms with van der Waals surface area (Å²) in [4.78, 5) is 11.9. The lowest BCUT2D eigenvalue weighted by molar-refractivity contribution is -0.146. The van der Waals surface area contributed by atoms with Crippen LogP contribution in [0.25, 0.3) is 0 Å². The van der Waals surface area contributed by atoms with Gasteiger partial charge in [0, 0.05) is 5.41 Å². The molecule has 0 N–H and O–H groups in total. The molecule has 96 valence electrons. The molecular formula is C16H14O2S. The fourth-order valence-electron chi connectivity index (χ4n) is 1.21. The minimum atomic E-state index is -0.869. The molecule has 0 spiro atoms. The second-order valence-corrected chi connectivity index (χ2v) is 6.63. The number of cyclic esters (lactones) is 1. The van der Waals surface area contributed by atoms with Crippen LogP contribution in [0.3, 0.4) is 0 Å². The monoisotopic (exact) mass is 270 g/mol. The summed E-state index contributed by atoms with van der Waals surface area (Å²) in [6.07, 6.45) is 4.95. The van der Waals surface area contributed by atoms with Crippen molar-refractivity contribution >= 4 is 17.7 Å². The van der Waals surface area contributed by atoms with Crippen LogP contribution in [0, 0.1) is 53.3 Å². The van der Waals surface area contributed by atoms with E-state index in [1.807, 2.05) is 20.8 Å². The first-order valence-electron chi connectivity index (χ1n) is 5.66. The smallest absolute Gasteiger partial charge is 0.335 e. The molecule has 1 unspecified atom stereocenters. The van der Waals surface area contributed by atoms with Crippen molar-refractivity contribution in [3.63, 3.8) is 0 Å². The van der Waals surface area contributed by atoms with Gasteiger partial charge in [-0.2, -0.15) is 0 Å². The Hall–Kier alpha value is -1.94. The molecule has 0 aromatic heterocycles. The van der Waals surface area contributed by atoms with E-state index in [0.29, 0.717) is 0 Å². The number of ether oxygens (including phenoxy) is 1. The van der Waals surface area contributed by atoms with E-state index in [0.717, 1.165) is 0 Å². The van der Waals surface area contributed by atoms with Crippen molar-refractivity contribution in [1.82, 2.24) is 0 Å². The van der Waals surface area contributed by atoms with Crippen LogP contribution in [0.1, 0.15) is 27.7 Å². The predicted molar refractivity (Wildman–Crippen MR) is 77.5 cm³/mol. The molecular weight excluding hydrogens is 256 g/mol. The molecule has 2 atom stereocenters. The minimum absolute atomic E-state index is 0.121.